The van der Waals surface area contributed by atoms with Gasteiger partial charge in [0.25, 0.3) is 5.91 Å². The third-order valence-corrected chi connectivity index (χ3v) is 6.69. The molecule has 6 heteroatoms. The van der Waals surface area contributed by atoms with Crippen LogP contribution in [0.3, 0.4) is 0 Å². The van der Waals surface area contributed by atoms with Crippen molar-refractivity contribution < 1.29 is 4.79 Å². The lowest BCUT2D eigenvalue weighted by atomic mass is 10.1. The maximum absolute atomic E-state index is 13.4. The minimum atomic E-state index is -0.114. The third-order valence-electron chi connectivity index (χ3n) is 6.69. The van der Waals surface area contributed by atoms with Crippen molar-refractivity contribution in [1.82, 2.24) is 19.9 Å². The number of aromatic nitrogens is 4. The van der Waals surface area contributed by atoms with Crippen molar-refractivity contribution in [2.45, 2.75) is 0 Å². The summed E-state index contributed by atoms with van der Waals surface area (Å²) in [5.41, 5.74) is 5.66. The maximum Gasteiger partial charge on any atom is 0.258 e. The van der Waals surface area contributed by atoms with Gasteiger partial charge in [-0.3, -0.25) is 14.8 Å². The normalized spacial score (nSPS) is 11.6. The lowest BCUT2D eigenvalue weighted by Gasteiger charge is -2.18. The zero-order valence-electron chi connectivity index (χ0n) is 19.4. The first kappa shape index (κ1) is 20.4. The molecule has 4 aromatic carbocycles. The van der Waals surface area contributed by atoms with Crippen LogP contribution in [0.5, 0.6) is 0 Å². The Labute approximate surface area is 205 Å². The molecule has 170 valence electrons. The molecule has 3 aromatic heterocycles. The van der Waals surface area contributed by atoms with Crippen molar-refractivity contribution in [1.29, 1.82) is 0 Å². The Morgan fingerprint density at radius 1 is 0.639 bits per heavy atom. The third kappa shape index (κ3) is 3.08. The van der Waals surface area contributed by atoms with Crippen LogP contribution in [0.1, 0.15) is 10.4 Å². The maximum atomic E-state index is 13.4. The Bertz CT molecular complexity index is 2000. The number of hydrogen-bond acceptors (Lipinski definition) is 5. The summed E-state index contributed by atoms with van der Waals surface area (Å²) in [7, 11) is 1.79. The molecule has 0 aliphatic carbocycles. The monoisotopic (exact) mass is 465 g/mol. The highest BCUT2D eigenvalue weighted by atomic mass is 16.2. The van der Waals surface area contributed by atoms with E-state index in [1.54, 1.807) is 36.5 Å². The number of amides is 1. The number of hydrogen-bond donors (Lipinski definition) is 0. The molecule has 0 unspecified atom stereocenters. The van der Waals surface area contributed by atoms with Crippen LogP contribution in [-0.4, -0.2) is 32.9 Å². The Balaban J connectivity index is 1.38. The molecule has 7 rings (SSSR count). The molecule has 0 spiro atoms. The number of anilines is 1. The Kier molecular flexibility index (Phi) is 4.41. The fraction of sp³-hybridized carbons (Fsp3) is 0.0333. The van der Waals surface area contributed by atoms with E-state index in [-0.39, 0.29) is 5.91 Å². The first-order valence-corrected chi connectivity index (χ1v) is 11.7. The van der Waals surface area contributed by atoms with Crippen LogP contribution >= 0.6 is 0 Å². The van der Waals surface area contributed by atoms with Gasteiger partial charge in [0.2, 0.25) is 0 Å². The van der Waals surface area contributed by atoms with Crippen molar-refractivity contribution in [3.8, 4) is 0 Å². The highest BCUT2D eigenvalue weighted by Crippen LogP contribution is 2.32. The van der Waals surface area contributed by atoms with Crippen LogP contribution < -0.4 is 4.90 Å². The van der Waals surface area contributed by atoms with Crippen LogP contribution in [0.15, 0.2) is 97.3 Å². The van der Waals surface area contributed by atoms with E-state index in [9.17, 15) is 4.79 Å². The molecular formula is C30H19N5O. The van der Waals surface area contributed by atoms with Crippen LogP contribution in [0.25, 0.3) is 54.6 Å². The molecule has 7 aromatic rings. The van der Waals surface area contributed by atoms with E-state index < -0.39 is 0 Å². The smallest absolute Gasteiger partial charge is 0.258 e. The largest absolute Gasteiger partial charge is 0.311 e. The SMILES string of the molecule is CN(C(=O)c1ccc2nc3c4ncccc4c4cccnc4c3nc2c1)c1ccc2ccccc2c1. The predicted molar refractivity (Wildman–Crippen MR) is 144 cm³/mol. The Morgan fingerprint density at radius 2 is 1.31 bits per heavy atom. The fourth-order valence-corrected chi connectivity index (χ4v) is 4.84. The van der Waals surface area contributed by atoms with Crippen LogP contribution in [0, 0.1) is 0 Å². The van der Waals surface area contributed by atoms with Gasteiger partial charge in [0.15, 0.2) is 0 Å². The number of benzene rings is 4. The highest BCUT2D eigenvalue weighted by molar-refractivity contribution is 6.21. The lowest BCUT2D eigenvalue weighted by Crippen LogP contribution is -2.26. The van der Waals surface area contributed by atoms with Crippen LogP contribution in [-0.2, 0) is 0 Å². The molecule has 0 fully saturated rings. The average Bonchev–Trinajstić information content (AvgIpc) is 2.95. The number of pyridine rings is 2. The minimum Gasteiger partial charge on any atom is -0.311 e. The summed E-state index contributed by atoms with van der Waals surface area (Å²) >= 11 is 0. The van der Waals surface area contributed by atoms with Gasteiger partial charge in [0, 0.05) is 41.5 Å². The number of carbonyl (C=O) groups is 1. The van der Waals surface area contributed by atoms with Gasteiger partial charge in [0.05, 0.1) is 22.1 Å². The molecule has 1 amide bonds. The molecular weight excluding hydrogens is 446 g/mol. The van der Waals surface area contributed by atoms with Gasteiger partial charge >= 0.3 is 0 Å². The second-order valence-corrected chi connectivity index (χ2v) is 8.82. The minimum absolute atomic E-state index is 0.114. The van der Waals surface area contributed by atoms with E-state index in [2.05, 4.69) is 16.0 Å². The van der Waals surface area contributed by atoms with Crippen LogP contribution in [0.2, 0.25) is 0 Å². The summed E-state index contributed by atoms with van der Waals surface area (Å²) in [5, 5.41) is 4.19. The Hall–Kier alpha value is -4.97. The van der Waals surface area contributed by atoms with Crippen molar-refractivity contribution in [3.05, 3.63) is 103 Å². The average molecular weight is 466 g/mol. The molecule has 0 bridgehead atoms. The summed E-state index contributed by atoms with van der Waals surface area (Å²) < 4.78 is 0. The van der Waals surface area contributed by atoms with Crippen molar-refractivity contribution >= 4 is 66.2 Å². The number of fused-ring (bicyclic) bond motifs is 8. The van der Waals surface area contributed by atoms with Gasteiger partial charge in [-0.1, -0.05) is 42.5 Å². The van der Waals surface area contributed by atoms with E-state index in [0.29, 0.717) is 27.6 Å². The summed E-state index contributed by atoms with van der Waals surface area (Å²) in [6.07, 6.45) is 3.52. The quantitative estimate of drug-likeness (QED) is 0.221. The van der Waals surface area contributed by atoms with Gasteiger partial charge in [-0.15, -0.1) is 0 Å². The molecule has 0 saturated carbocycles. The zero-order valence-corrected chi connectivity index (χ0v) is 19.4. The molecule has 0 aliphatic rings. The van der Waals surface area contributed by atoms with E-state index in [1.807, 2.05) is 66.7 Å². The van der Waals surface area contributed by atoms with Gasteiger partial charge in [-0.2, -0.15) is 0 Å². The first-order valence-electron chi connectivity index (χ1n) is 11.7. The second-order valence-electron chi connectivity index (χ2n) is 8.82. The van der Waals surface area contributed by atoms with Crippen LogP contribution in [0.4, 0.5) is 5.69 Å². The number of carbonyl (C=O) groups excluding carboxylic acids is 1. The summed E-state index contributed by atoms with van der Waals surface area (Å²) in [6.45, 7) is 0. The standard InChI is InChI=1S/C30H19N5O/c1-35(21-12-10-18-6-2-3-7-19(18)16-21)30(36)20-11-13-24-25(17-20)34-29-27-23(9-5-15-32-27)22-8-4-14-31-26(22)28(29)33-24/h2-17H,1H3. The van der Waals surface area contributed by atoms with Crippen molar-refractivity contribution in [2.24, 2.45) is 0 Å². The lowest BCUT2D eigenvalue weighted by molar-refractivity contribution is 0.0993. The number of nitrogens with zero attached hydrogens (tertiary/aromatic N) is 5. The highest BCUT2D eigenvalue weighted by Gasteiger charge is 2.17. The predicted octanol–water partition coefficient (Wildman–Crippen LogP) is 6.31. The van der Waals surface area contributed by atoms with Crippen molar-refractivity contribution in [2.75, 3.05) is 11.9 Å². The van der Waals surface area contributed by atoms with Gasteiger partial charge in [-0.05, 0) is 53.2 Å². The molecule has 0 N–H and O–H groups in total. The second kappa shape index (κ2) is 7.78. The molecule has 36 heavy (non-hydrogen) atoms. The van der Waals surface area contributed by atoms with Gasteiger partial charge in [0.1, 0.15) is 11.0 Å². The molecule has 3 heterocycles. The zero-order chi connectivity index (χ0) is 24.2. The molecule has 0 aliphatic heterocycles. The molecule has 0 radical (unpaired) electrons. The molecule has 0 saturated heterocycles. The Morgan fingerprint density at radius 3 is 2.03 bits per heavy atom. The topological polar surface area (TPSA) is 71.9 Å². The summed E-state index contributed by atoms with van der Waals surface area (Å²) in [5.74, 6) is -0.114. The van der Waals surface area contributed by atoms with Crippen molar-refractivity contribution in [3.63, 3.8) is 0 Å². The van der Waals surface area contributed by atoms with E-state index in [0.717, 1.165) is 38.3 Å². The summed E-state index contributed by atoms with van der Waals surface area (Å²) in [6, 6.07) is 27.5. The van der Waals surface area contributed by atoms with E-state index in [4.69, 9.17) is 9.97 Å². The fourth-order valence-electron chi connectivity index (χ4n) is 4.84. The molecule has 0 atom stereocenters. The van der Waals surface area contributed by atoms with Gasteiger partial charge in [-0.25, -0.2) is 9.97 Å². The van der Waals surface area contributed by atoms with E-state index in [1.165, 1.54) is 0 Å². The number of rotatable bonds is 2. The van der Waals surface area contributed by atoms with Gasteiger partial charge < -0.3 is 4.90 Å². The molecule has 6 nitrogen and oxygen atoms in total. The first-order chi connectivity index (χ1) is 17.7. The summed E-state index contributed by atoms with van der Waals surface area (Å²) in [4.78, 5) is 34.1. The van der Waals surface area contributed by atoms with E-state index >= 15 is 0 Å².